The van der Waals surface area contributed by atoms with Gasteiger partial charge in [0.25, 0.3) is 5.91 Å². The molecule has 0 spiro atoms. The van der Waals surface area contributed by atoms with Crippen LogP contribution >= 0.6 is 0 Å². The third kappa shape index (κ3) is 3.31. The molecule has 0 aromatic heterocycles. The predicted octanol–water partition coefficient (Wildman–Crippen LogP) is 4.04. The molecule has 1 fully saturated rings. The van der Waals surface area contributed by atoms with Crippen LogP contribution < -0.4 is 0 Å². The predicted molar refractivity (Wildman–Crippen MR) is 104 cm³/mol. The largest absolute Gasteiger partial charge is 0.507 e. The van der Waals surface area contributed by atoms with Gasteiger partial charge in [0.1, 0.15) is 11.3 Å². The lowest BCUT2D eigenvalue weighted by atomic mass is 10.0. The summed E-state index contributed by atoms with van der Waals surface area (Å²) < 4.78 is 0. The van der Waals surface area contributed by atoms with E-state index >= 15 is 0 Å². The smallest absolute Gasteiger partial charge is 0.261 e. The molecule has 26 heavy (non-hydrogen) atoms. The molecule has 0 radical (unpaired) electrons. The number of carbonyl (C=O) groups excluding carboxylic acids is 2. The third-order valence-corrected chi connectivity index (χ3v) is 4.67. The molecule has 132 valence electrons. The summed E-state index contributed by atoms with van der Waals surface area (Å²) in [6.45, 7) is 3.55. The van der Waals surface area contributed by atoms with Gasteiger partial charge in [-0.05, 0) is 42.3 Å². The van der Waals surface area contributed by atoms with Crippen molar-refractivity contribution in [2.75, 3.05) is 7.05 Å². The van der Waals surface area contributed by atoms with E-state index in [1.807, 2.05) is 31.2 Å². The van der Waals surface area contributed by atoms with E-state index in [0.29, 0.717) is 0 Å². The van der Waals surface area contributed by atoms with Crippen LogP contribution in [0.25, 0.3) is 16.8 Å². The number of hydrogen-bond donors (Lipinski definition) is 1. The molecule has 4 heteroatoms. The van der Waals surface area contributed by atoms with Crippen LogP contribution in [0.15, 0.2) is 71.5 Å². The number of nitrogens with zero attached hydrogens (tertiary/aromatic N) is 1. The average molecular weight is 347 g/mol. The Morgan fingerprint density at radius 3 is 2.42 bits per heavy atom. The monoisotopic (exact) mass is 347 g/mol. The van der Waals surface area contributed by atoms with Gasteiger partial charge in [-0.1, -0.05) is 54.1 Å². The van der Waals surface area contributed by atoms with E-state index in [4.69, 9.17) is 0 Å². The highest BCUT2D eigenvalue weighted by atomic mass is 16.3. The second-order valence-corrected chi connectivity index (χ2v) is 6.54. The Hall–Kier alpha value is -3.14. The van der Waals surface area contributed by atoms with Crippen LogP contribution in [-0.4, -0.2) is 34.8 Å². The van der Waals surface area contributed by atoms with Crippen molar-refractivity contribution in [2.45, 2.75) is 19.9 Å². The van der Waals surface area contributed by atoms with Crippen LogP contribution in [0.1, 0.15) is 19.4 Å². The minimum Gasteiger partial charge on any atom is -0.507 e. The highest BCUT2D eigenvalue weighted by Gasteiger charge is 2.39. The molecule has 2 aromatic rings. The second-order valence-electron chi connectivity index (χ2n) is 6.54. The molecule has 1 N–H and O–H groups in total. The second kappa shape index (κ2) is 7.00. The van der Waals surface area contributed by atoms with Crippen molar-refractivity contribution in [2.24, 2.45) is 0 Å². The van der Waals surface area contributed by atoms with Gasteiger partial charge in [0, 0.05) is 7.05 Å². The summed E-state index contributed by atoms with van der Waals surface area (Å²) >= 11 is 0. The summed E-state index contributed by atoms with van der Waals surface area (Å²) in [5, 5.41) is 12.5. The van der Waals surface area contributed by atoms with Crippen molar-refractivity contribution in [3.63, 3.8) is 0 Å². The molecule has 0 bridgehead atoms. The fourth-order valence-corrected chi connectivity index (χ4v) is 2.98. The first kappa shape index (κ1) is 17.7. The fraction of sp³-hybridized carbons (Fsp3) is 0.182. The topological polar surface area (TPSA) is 57.6 Å². The number of likely N-dealkylation sites (tertiary alicyclic amines) is 1. The minimum atomic E-state index is -0.540. The molecule has 1 atom stereocenters. The van der Waals surface area contributed by atoms with Crippen molar-refractivity contribution in [3.05, 3.63) is 77.1 Å². The van der Waals surface area contributed by atoms with Gasteiger partial charge in [-0.2, -0.15) is 0 Å². The van der Waals surface area contributed by atoms with E-state index in [1.165, 1.54) is 16.4 Å². The number of carbonyl (C=O) groups is 2. The van der Waals surface area contributed by atoms with E-state index in [2.05, 4.69) is 24.3 Å². The lowest BCUT2D eigenvalue weighted by Crippen LogP contribution is -2.28. The molecule has 2 aromatic carbocycles. The molecular formula is C22H21NO3. The molecule has 3 rings (SSSR count). The number of fused-ring (bicyclic) bond motifs is 1. The summed E-state index contributed by atoms with van der Waals surface area (Å²) in [4.78, 5) is 25.5. The van der Waals surface area contributed by atoms with Crippen LogP contribution in [0.5, 0.6) is 0 Å². The van der Waals surface area contributed by atoms with Crippen molar-refractivity contribution in [1.29, 1.82) is 0 Å². The summed E-state index contributed by atoms with van der Waals surface area (Å²) in [5.74, 6) is -1.08. The normalized spacial score (nSPS) is 20.5. The number of benzene rings is 2. The van der Waals surface area contributed by atoms with E-state index < -0.39 is 11.9 Å². The van der Waals surface area contributed by atoms with Gasteiger partial charge in [0.15, 0.2) is 5.78 Å². The molecule has 1 amide bonds. The molecule has 1 aliphatic heterocycles. The number of amides is 1. The first-order chi connectivity index (χ1) is 12.4. The van der Waals surface area contributed by atoms with E-state index in [0.717, 1.165) is 16.5 Å². The number of Topliss-reactive ketones (excluding diaryl/α,β-unsaturated/α-hetero) is 1. The Labute approximate surface area is 152 Å². The number of aliphatic hydroxyl groups is 1. The first-order valence-electron chi connectivity index (χ1n) is 8.48. The average Bonchev–Trinajstić information content (AvgIpc) is 2.83. The highest BCUT2D eigenvalue weighted by Crippen LogP contribution is 2.22. The van der Waals surface area contributed by atoms with Crippen molar-refractivity contribution >= 4 is 28.5 Å². The zero-order valence-corrected chi connectivity index (χ0v) is 15.1. The van der Waals surface area contributed by atoms with Gasteiger partial charge in [0.05, 0.1) is 6.04 Å². The first-order valence-corrected chi connectivity index (χ1v) is 8.48. The molecule has 0 aliphatic carbocycles. The summed E-state index contributed by atoms with van der Waals surface area (Å²) in [7, 11) is 1.56. The van der Waals surface area contributed by atoms with Crippen LogP contribution in [0.2, 0.25) is 0 Å². The summed E-state index contributed by atoms with van der Waals surface area (Å²) in [5.41, 5.74) is 1.79. The lowest BCUT2D eigenvalue weighted by Gasteiger charge is -2.11. The van der Waals surface area contributed by atoms with Crippen LogP contribution in [-0.2, 0) is 9.59 Å². The number of likely N-dealkylation sites (N-methyl/N-ethyl adjacent to an activating group) is 1. The number of ketones is 1. The minimum absolute atomic E-state index is 0.144. The standard InChI is InChI=1S/C22H21NO3/c1-14(12-16-9-10-17-6-4-5-7-18(17)13-16)8-11-19(24)20-21(25)15(2)23(3)22(20)26/h4-13,15,24H,1-3H3/b11-8+,14-12+,20-19?. The molecule has 1 saturated heterocycles. The van der Waals surface area contributed by atoms with Crippen molar-refractivity contribution in [1.82, 2.24) is 4.90 Å². The summed E-state index contributed by atoms with van der Waals surface area (Å²) in [6.07, 6.45) is 5.08. The van der Waals surface area contributed by atoms with Gasteiger partial charge in [-0.3, -0.25) is 9.59 Å². The van der Waals surface area contributed by atoms with Gasteiger partial charge >= 0.3 is 0 Å². The highest BCUT2D eigenvalue weighted by molar-refractivity contribution is 6.26. The molecular weight excluding hydrogens is 326 g/mol. The maximum Gasteiger partial charge on any atom is 0.261 e. The fourth-order valence-electron chi connectivity index (χ4n) is 2.98. The SMILES string of the molecule is CC(/C=C/C(O)=C1C(=O)C(C)N(C)C1=O)=C\c1ccc2ccccc2c1. The molecule has 0 saturated carbocycles. The van der Waals surface area contributed by atoms with Crippen LogP contribution in [0.3, 0.4) is 0 Å². The molecule has 1 aliphatic rings. The number of allylic oxidation sites excluding steroid dienone is 3. The number of hydrogen-bond acceptors (Lipinski definition) is 3. The van der Waals surface area contributed by atoms with Crippen LogP contribution in [0.4, 0.5) is 0 Å². The van der Waals surface area contributed by atoms with Gasteiger partial charge in [0.2, 0.25) is 0 Å². The van der Waals surface area contributed by atoms with Gasteiger partial charge < -0.3 is 10.0 Å². The third-order valence-electron chi connectivity index (χ3n) is 4.67. The van der Waals surface area contributed by atoms with E-state index in [-0.39, 0.29) is 17.1 Å². The Kier molecular flexibility index (Phi) is 4.76. The quantitative estimate of drug-likeness (QED) is 0.394. The van der Waals surface area contributed by atoms with Crippen molar-refractivity contribution in [3.8, 4) is 0 Å². The Morgan fingerprint density at radius 2 is 1.77 bits per heavy atom. The van der Waals surface area contributed by atoms with Gasteiger partial charge in [-0.25, -0.2) is 0 Å². The van der Waals surface area contributed by atoms with Crippen LogP contribution in [0, 0.1) is 0 Å². The zero-order chi connectivity index (χ0) is 18.8. The van der Waals surface area contributed by atoms with E-state index in [9.17, 15) is 14.7 Å². The maximum absolute atomic E-state index is 12.1. The summed E-state index contributed by atoms with van der Waals surface area (Å²) in [6, 6.07) is 13.8. The Bertz CT molecular complexity index is 960. The molecule has 1 heterocycles. The maximum atomic E-state index is 12.1. The van der Waals surface area contributed by atoms with E-state index in [1.54, 1.807) is 20.0 Å². The lowest BCUT2D eigenvalue weighted by molar-refractivity contribution is -0.125. The zero-order valence-electron chi connectivity index (χ0n) is 15.1. The number of aliphatic hydroxyl groups excluding tert-OH is 1. The molecule has 1 unspecified atom stereocenters. The van der Waals surface area contributed by atoms with Gasteiger partial charge in [-0.15, -0.1) is 0 Å². The number of rotatable bonds is 3. The Morgan fingerprint density at radius 1 is 1.08 bits per heavy atom. The van der Waals surface area contributed by atoms with Crippen molar-refractivity contribution < 1.29 is 14.7 Å². The Balaban J connectivity index is 1.85. The molecule has 4 nitrogen and oxygen atoms in total.